The van der Waals surface area contributed by atoms with E-state index in [1.165, 1.54) is 6.92 Å². The lowest BCUT2D eigenvalue weighted by Gasteiger charge is -2.40. The van der Waals surface area contributed by atoms with Crippen molar-refractivity contribution >= 4 is 43.6 Å². The number of aromatic amines is 1. The molecular formula is C10H11B3FN2O8PS. The van der Waals surface area contributed by atoms with Crippen molar-refractivity contribution in [2.24, 2.45) is 0 Å². The molecule has 1 aromatic heterocycles. The molecule has 4 atom stereocenters. The molecule has 2 rings (SSSR count). The minimum absolute atomic E-state index is 0.0308. The number of hydrogen-bond donors (Lipinski definition) is 5. The van der Waals surface area contributed by atoms with E-state index >= 15 is 4.39 Å². The maximum Gasteiger partial charge on any atom is 0.468 e. The molecule has 2 heterocycles. The Morgan fingerprint density at radius 1 is 1.46 bits per heavy atom. The lowest BCUT2D eigenvalue weighted by molar-refractivity contribution is -0.239. The molecule has 1 aliphatic rings. The fourth-order valence-electron chi connectivity index (χ4n) is 2.38. The molecule has 0 saturated carbocycles. The number of nitrogens with zero attached hydrogens (tertiary/aromatic N) is 1. The monoisotopic (exact) mass is 402 g/mol. The van der Waals surface area contributed by atoms with Crippen LogP contribution >= 0.6 is 20.0 Å². The highest BCUT2D eigenvalue weighted by Gasteiger charge is 2.68. The first kappa shape index (κ1) is 21.5. The third-order valence-electron chi connectivity index (χ3n) is 3.71. The molecule has 1 saturated heterocycles. The Balaban J connectivity index is 2.59. The predicted molar refractivity (Wildman–Crippen MR) is 88.7 cm³/mol. The van der Waals surface area contributed by atoms with Crippen molar-refractivity contribution in [2.75, 3.05) is 0 Å². The van der Waals surface area contributed by atoms with E-state index in [9.17, 15) is 19.6 Å². The van der Waals surface area contributed by atoms with Crippen molar-refractivity contribution in [2.45, 2.75) is 36.0 Å². The van der Waals surface area contributed by atoms with Gasteiger partial charge in [-0.25, -0.2) is 8.96 Å². The summed E-state index contributed by atoms with van der Waals surface area (Å²) in [6, 6.07) is 0. The Morgan fingerprint density at radius 2 is 2.00 bits per heavy atom. The molecule has 0 amide bonds. The molecule has 1 aliphatic heterocycles. The maximum atomic E-state index is 15.2. The van der Waals surface area contributed by atoms with Gasteiger partial charge in [-0.3, -0.25) is 14.3 Å². The normalized spacial score (nSPS) is 32.7. The van der Waals surface area contributed by atoms with Crippen molar-refractivity contribution in [1.29, 1.82) is 0 Å². The van der Waals surface area contributed by atoms with E-state index in [2.05, 4.69) is 9.51 Å². The van der Waals surface area contributed by atoms with Crippen LogP contribution in [-0.4, -0.2) is 76.6 Å². The molecule has 1 fully saturated rings. The molecule has 0 aromatic carbocycles. The van der Waals surface area contributed by atoms with Crippen LogP contribution in [0.15, 0.2) is 11.0 Å². The van der Waals surface area contributed by atoms with Gasteiger partial charge < -0.3 is 29.3 Å². The first-order valence-corrected chi connectivity index (χ1v) is 8.70. The summed E-state index contributed by atoms with van der Waals surface area (Å²) in [6.07, 6.45) is -3.92. The summed E-state index contributed by atoms with van der Waals surface area (Å²) < 4.78 is 35.2. The lowest BCUT2D eigenvalue weighted by Crippen LogP contribution is -2.60. The molecule has 0 spiro atoms. The molecule has 16 heteroatoms. The van der Waals surface area contributed by atoms with Gasteiger partial charge in [0.25, 0.3) is 11.4 Å². The van der Waals surface area contributed by atoms with Crippen molar-refractivity contribution < 1.29 is 38.2 Å². The summed E-state index contributed by atoms with van der Waals surface area (Å²) in [5.41, 5.74) is -3.24. The summed E-state index contributed by atoms with van der Waals surface area (Å²) in [5, 5.41) is 16.8. The standard InChI is InChI=1S/C10H11B3FN2O8PS/c1-3-2-16(7(26)15-6(3)19)9(11)5(18)4(17)8(14,23-9)10(12,13)24-25(20,21)22/h2,4-5,17-18H,1H3,(H,15,19,26)(H2,20,21,22)/t4-,5+,8-,9-/m0/s1. The summed E-state index contributed by atoms with van der Waals surface area (Å²) >= 11 is 4.87. The number of phosphoric acid groups is 1. The van der Waals surface area contributed by atoms with Crippen LogP contribution in [0.2, 0.25) is 0 Å². The van der Waals surface area contributed by atoms with Crippen molar-refractivity contribution in [1.82, 2.24) is 9.55 Å². The maximum absolute atomic E-state index is 15.2. The fraction of sp³-hybridized carbons (Fsp3) is 0.600. The highest BCUT2D eigenvalue weighted by Crippen LogP contribution is 2.51. The minimum Gasteiger partial charge on any atom is -0.386 e. The van der Waals surface area contributed by atoms with Crippen LogP contribution < -0.4 is 5.56 Å². The van der Waals surface area contributed by atoms with E-state index in [-0.39, 0.29) is 5.56 Å². The van der Waals surface area contributed by atoms with E-state index in [0.717, 1.165) is 6.20 Å². The Labute approximate surface area is 154 Å². The van der Waals surface area contributed by atoms with E-state index < -0.39 is 47.2 Å². The lowest BCUT2D eigenvalue weighted by atomic mass is 9.59. The molecule has 0 aliphatic carbocycles. The van der Waals surface area contributed by atoms with Gasteiger partial charge in [-0.05, 0) is 19.1 Å². The van der Waals surface area contributed by atoms with Crippen molar-refractivity contribution in [3.63, 3.8) is 0 Å². The van der Waals surface area contributed by atoms with E-state index in [1.807, 2.05) is 0 Å². The van der Waals surface area contributed by atoms with Gasteiger partial charge in [0.15, 0.2) is 4.77 Å². The molecule has 0 unspecified atom stereocenters. The number of nitrogens with one attached hydrogen (secondary N) is 1. The van der Waals surface area contributed by atoms with E-state index in [4.69, 9.17) is 50.3 Å². The van der Waals surface area contributed by atoms with E-state index in [0.29, 0.717) is 4.57 Å². The van der Waals surface area contributed by atoms with Gasteiger partial charge in [0.2, 0.25) is 0 Å². The predicted octanol–water partition coefficient (Wildman–Crippen LogP) is -2.49. The van der Waals surface area contributed by atoms with Crippen molar-refractivity contribution in [3.05, 3.63) is 26.9 Å². The molecule has 136 valence electrons. The number of aryl methyl sites for hydroxylation is 1. The number of aliphatic hydroxyl groups is 2. The Kier molecular flexibility index (Phi) is 5.28. The fourth-order valence-corrected chi connectivity index (χ4v) is 3.18. The summed E-state index contributed by atoms with van der Waals surface area (Å²) in [4.78, 5) is 31.3. The SMILES string of the molecule is [B]C([B])(OP(=O)(O)O)[C@@]1(F)O[C@@]([B])(n2cc(C)c(=O)[nH]c2=S)[C@H](O)[C@@H]1O. The second kappa shape index (κ2) is 6.38. The van der Waals surface area contributed by atoms with Gasteiger partial charge >= 0.3 is 7.82 Å². The molecule has 5 N–H and O–H groups in total. The first-order valence-electron chi connectivity index (χ1n) is 6.76. The van der Waals surface area contributed by atoms with Crippen LogP contribution in [0.25, 0.3) is 0 Å². The second-order valence-corrected chi connectivity index (χ2v) is 7.26. The number of ether oxygens (including phenoxy) is 1. The number of rotatable bonds is 4. The Morgan fingerprint density at radius 3 is 2.50 bits per heavy atom. The average molecular weight is 402 g/mol. The van der Waals surface area contributed by atoms with Crippen LogP contribution in [0.4, 0.5) is 4.39 Å². The highest BCUT2D eigenvalue weighted by atomic mass is 32.1. The topological polar surface area (TPSA) is 154 Å². The number of aliphatic hydroxyl groups excluding tert-OH is 2. The molecule has 1 aromatic rings. The molecular weight excluding hydrogens is 391 g/mol. The van der Waals surface area contributed by atoms with Gasteiger partial charge in [-0.2, -0.15) is 0 Å². The highest BCUT2D eigenvalue weighted by molar-refractivity contribution is 7.71. The summed E-state index contributed by atoms with van der Waals surface area (Å²) in [6.45, 7) is 1.33. The van der Waals surface area contributed by atoms with E-state index in [1.54, 1.807) is 0 Å². The zero-order valence-electron chi connectivity index (χ0n) is 13.1. The van der Waals surface area contributed by atoms with Crippen LogP contribution in [0.1, 0.15) is 5.56 Å². The smallest absolute Gasteiger partial charge is 0.386 e. The number of aromatic nitrogens is 2. The van der Waals surface area contributed by atoms with Gasteiger partial charge in [0.05, 0.1) is 5.40 Å². The largest absolute Gasteiger partial charge is 0.468 e. The quantitative estimate of drug-likeness (QED) is 0.209. The average Bonchev–Trinajstić information content (AvgIpc) is 2.63. The van der Waals surface area contributed by atoms with Crippen LogP contribution in [-0.2, 0) is 19.4 Å². The third-order valence-corrected chi connectivity index (χ3v) is 4.55. The number of phosphoric ester groups is 1. The van der Waals surface area contributed by atoms with Gasteiger partial charge in [0, 0.05) is 11.8 Å². The van der Waals surface area contributed by atoms with Gasteiger partial charge in [-0.15, -0.1) is 0 Å². The van der Waals surface area contributed by atoms with Crippen molar-refractivity contribution in [3.8, 4) is 0 Å². The third kappa shape index (κ3) is 3.38. The first-order chi connectivity index (χ1) is 11.5. The van der Waals surface area contributed by atoms with Gasteiger partial charge in [0.1, 0.15) is 41.4 Å². The number of hydrogen-bond acceptors (Lipinski definition) is 7. The molecule has 6 radical (unpaired) electrons. The zero-order valence-corrected chi connectivity index (χ0v) is 14.8. The molecule has 10 nitrogen and oxygen atoms in total. The molecule has 26 heavy (non-hydrogen) atoms. The number of alkyl halides is 1. The summed E-state index contributed by atoms with van der Waals surface area (Å²) in [7, 11) is 10.8. The minimum atomic E-state index is -5.44. The summed E-state index contributed by atoms with van der Waals surface area (Å²) in [5.74, 6) is -3.79. The Bertz CT molecular complexity index is 892. The zero-order chi connectivity index (χ0) is 20.3. The van der Waals surface area contributed by atoms with Crippen LogP contribution in [0.5, 0.6) is 0 Å². The molecule has 0 bridgehead atoms. The second-order valence-electron chi connectivity index (χ2n) is 5.70. The number of H-pyrrole nitrogens is 1. The van der Waals surface area contributed by atoms with Crippen LogP contribution in [0.3, 0.4) is 0 Å². The Hall–Kier alpha value is -0.785. The van der Waals surface area contributed by atoms with Gasteiger partial charge in [-0.1, -0.05) is 0 Å². The number of halogens is 1. The van der Waals surface area contributed by atoms with Crippen LogP contribution in [0, 0.1) is 11.7 Å².